The van der Waals surface area contributed by atoms with E-state index in [-0.39, 0.29) is 21.2 Å². The van der Waals surface area contributed by atoms with Crippen molar-refractivity contribution in [2.45, 2.75) is 57.4 Å². The van der Waals surface area contributed by atoms with Crippen LogP contribution in [-0.2, 0) is 10.0 Å². The van der Waals surface area contributed by atoms with E-state index in [2.05, 4.69) is 18.6 Å². The van der Waals surface area contributed by atoms with E-state index in [1.165, 1.54) is 0 Å². The molecule has 2 N–H and O–H groups in total. The third-order valence-corrected chi connectivity index (χ3v) is 6.83. The molecule has 1 aliphatic rings. The fourth-order valence-electron chi connectivity index (χ4n) is 2.99. The second-order valence-electron chi connectivity index (χ2n) is 6.46. The Kier molecular flexibility index (Phi) is 4.46. The van der Waals surface area contributed by atoms with Gasteiger partial charge in [-0.2, -0.15) is 0 Å². The third-order valence-electron chi connectivity index (χ3n) is 3.91. The molecule has 1 unspecified atom stereocenters. The summed E-state index contributed by atoms with van der Waals surface area (Å²) in [5.41, 5.74) is 0.602. The number of nitrogens with one attached hydrogen (secondary N) is 1. The van der Waals surface area contributed by atoms with Gasteiger partial charge in [0.25, 0.3) is 0 Å². The number of aryl methyl sites for hydroxylation is 1. The van der Waals surface area contributed by atoms with Gasteiger partial charge in [0.05, 0.1) is 0 Å². The number of hydrogen-bond acceptors (Lipinski definition) is 4. The molecule has 1 heterocycles. The van der Waals surface area contributed by atoms with Gasteiger partial charge in [0, 0.05) is 6.04 Å². The predicted octanol–water partition coefficient (Wildman–Crippen LogP) is 3.00. The third kappa shape index (κ3) is 3.64. The quantitative estimate of drug-likeness (QED) is 0.888. The van der Waals surface area contributed by atoms with E-state index in [0.29, 0.717) is 5.56 Å². The van der Waals surface area contributed by atoms with Crippen LogP contribution in [0.2, 0.25) is 0 Å². The van der Waals surface area contributed by atoms with Crippen molar-refractivity contribution in [1.82, 2.24) is 4.72 Å². The highest BCUT2D eigenvalue weighted by Crippen LogP contribution is 2.36. The molecule has 0 bridgehead atoms. The second-order valence-corrected chi connectivity index (χ2v) is 8.99. The summed E-state index contributed by atoms with van der Waals surface area (Å²) in [6, 6.07) is -0.125. The highest BCUT2D eigenvalue weighted by molar-refractivity contribution is 7.89. The predicted molar refractivity (Wildman–Crippen MR) is 82.4 cm³/mol. The molecule has 1 atom stereocenters. The first-order valence-corrected chi connectivity index (χ1v) is 9.32. The fourth-order valence-corrected chi connectivity index (χ4v) is 5.89. The zero-order valence-corrected chi connectivity index (χ0v) is 14.1. The van der Waals surface area contributed by atoms with Gasteiger partial charge in [0.15, 0.2) is 0 Å². The Morgan fingerprint density at radius 3 is 2.71 bits per heavy atom. The lowest BCUT2D eigenvalue weighted by molar-refractivity contribution is 0.0698. The number of aromatic carboxylic acids is 1. The van der Waals surface area contributed by atoms with Crippen LogP contribution in [0, 0.1) is 12.3 Å². The normalized spacial score (nSPS) is 22.1. The number of carboxylic acid groups (broad SMARTS) is 1. The molecule has 2 rings (SSSR count). The second kappa shape index (κ2) is 5.70. The number of carboxylic acids is 1. The molecular weight excluding hydrogens is 310 g/mol. The number of thiophene rings is 1. The highest BCUT2D eigenvalue weighted by atomic mass is 32.2. The van der Waals surface area contributed by atoms with Crippen LogP contribution in [-0.4, -0.2) is 25.5 Å². The van der Waals surface area contributed by atoms with Crippen molar-refractivity contribution in [2.24, 2.45) is 5.41 Å². The molecule has 7 heteroatoms. The highest BCUT2D eigenvalue weighted by Gasteiger charge is 2.33. The molecule has 1 saturated carbocycles. The molecule has 1 aromatic heterocycles. The van der Waals surface area contributed by atoms with Gasteiger partial charge in [0.2, 0.25) is 10.0 Å². The Morgan fingerprint density at radius 1 is 1.48 bits per heavy atom. The van der Waals surface area contributed by atoms with E-state index in [4.69, 9.17) is 5.11 Å². The molecule has 1 aliphatic carbocycles. The summed E-state index contributed by atoms with van der Waals surface area (Å²) in [5, 5.41) is 10.7. The average molecular weight is 331 g/mol. The molecule has 118 valence electrons. The van der Waals surface area contributed by atoms with E-state index < -0.39 is 16.0 Å². The summed E-state index contributed by atoms with van der Waals surface area (Å²) < 4.78 is 27.8. The molecule has 1 aromatic rings. The van der Waals surface area contributed by atoms with Crippen molar-refractivity contribution in [3.8, 4) is 0 Å². The van der Waals surface area contributed by atoms with Crippen molar-refractivity contribution in [1.29, 1.82) is 0 Å². The lowest BCUT2D eigenvalue weighted by Crippen LogP contribution is -2.41. The summed E-state index contributed by atoms with van der Waals surface area (Å²) in [6.45, 7) is 5.89. The van der Waals surface area contributed by atoms with Crippen LogP contribution in [0.4, 0.5) is 0 Å². The maximum absolute atomic E-state index is 12.6. The minimum Gasteiger partial charge on any atom is -0.477 e. The van der Waals surface area contributed by atoms with Gasteiger partial charge >= 0.3 is 5.97 Å². The van der Waals surface area contributed by atoms with Crippen molar-refractivity contribution >= 4 is 27.3 Å². The molecular formula is C14H21NO4S2. The van der Waals surface area contributed by atoms with Crippen LogP contribution < -0.4 is 4.72 Å². The van der Waals surface area contributed by atoms with Gasteiger partial charge in [0.1, 0.15) is 9.77 Å². The lowest BCUT2D eigenvalue weighted by Gasteiger charge is -2.35. The molecule has 0 amide bonds. The molecule has 21 heavy (non-hydrogen) atoms. The van der Waals surface area contributed by atoms with Crippen molar-refractivity contribution in [3.63, 3.8) is 0 Å². The van der Waals surface area contributed by atoms with Crippen molar-refractivity contribution in [3.05, 3.63) is 15.8 Å². The molecule has 1 fully saturated rings. The first-order chi connectivity index (χ1) is 9.62. The van der Waals surface area contributed by atoms with Gasteiger partial charge < -0.3 is 5.11 Å². The molecule has 0 aromatic carbocycles. The number of rotatable bonds is 4. The van der Waals surface area contributed by atoms with Gasteiger partial charge in [-0.05, 0) is 42.5 Å². The number of sulfonamides is 1. The minimum absolute atomic E-state index is 0.0802. The first-order valence-electron chi connectivity index (χ1n) is 6.96. The van der Waals surface area contributed by atoms with Crippen LogP contribution in [0.25, 0.3) is 0 Å². The topological polar surface area (TPSA) is 83.5 Å². The zero-order valence-electron chi connectivity index (χ0n) is 12.5. The lowest BCUT2D eigenvalue weighted by atomic mass is 9.75. The fraction of sp³-hybridized carbons (Fsp3) is 0.643. The minimum atomic E-state index is -3.79. The van der Waals surface area contributed by atoms with Crippen molar-refractivity contribution in [2.75, 3.05) is 0 Å². The van der Waals surface area contributed by atoms with Gasteiger partial charge in [-0.3, -0.25) is 0 Å². The van der Waals surface area contributed by atoms with Crippen LogP contribution in [0.1, 0.15) is 54.8 Å². The summed E-state index contributed by atoms with van der Waals surface area (Å²) in [4.78, 5) is 11.0. The van der Waals surface area contributed by atoms with Gasteiger partial charge in [-0.15, -0.1) is 11.3 Å². The standard InChI is InChI=1S/C14H21NO4S2/c1-9-8-20-11(13(16)17)12(9)21(18,19)15-10-5-4-6-14(2,3)7-10/h8,10,15H,4-7H2,1-3H3,(H,16,17). The molecule has 5 nitrogen and oxygen atoms in total. The number of hydrogen-bond donors (Lipinski definition) is 2. The van der Waals surface area contributed by atoms with Crippen LogP contribution in [0.15, 0.2) is 10.3 Å². The van der Waals surface area contributed by atoms with Crippen molar-refractivity contribution < 1.29 is 18.3 Å². The largest absolute Gasteiger partial charge is 0.477 e. The van der Waals surface area contributed by atoms with E-state index >= 15 is 0 Å². The summed E-state index contributed by atoms with van der Waals surface area (Å²) in [6.07, 6.45) is 3.64. The molecule has 0 aliphatic heterocycles. The monoisotopic (exact) mass is 331 g/mol. The van der Waals surface area contributed by atoms with Gasteiger partial charge in [-0.25, -0.2) is 17.9 Å². The van der Waals surface area contributed by atoms with E-state index in [9.17, 15) is 13.2 Å². The Bertz CT molecular complexity index is 646. The molecule has 0 spiro atoms. The van der Waals surface area contributed by atoms with E-state index in [1.54, 1.807) is 12.3 Å². The van der Waals surface area contributed by atoms with Gasteiger partial charge in [-0.1, -0.05) is 20.3 Å². The average Bonchev–Trinajstić information content (AvgIpc) is 2.70. The SMILES string of the molecule is Cc1csc(C(=O)O)c1S(=O)(=O)NC1CCCC(C)(C)C1. The van der Waals surface area contributed by atoms with Crippen LogP contribution in [0.5, 0.6) is 0 Å². The Hall–Kier alpha value is -0.920. The van der Waals surface area contributed by atoms with Crippen LogP contribution in [0.3, 0.4) is 0 Å². The van der Waals surface area contributed by atoms with E-state index in [1.807, 2.05) is 0 Å². The Labute approximate surface area is 129 Å². The maximum Gasteiger partial charge on any atom is 0.347 e. The summed E-state index contributed by atoms with van der Waals surface area (Å²) in [7, 11) is -3.79. The zero-order chi connectivity index (χ0) is 15.8. The van der Waals surface area contributed by atoms with Crippen LogP contribution >= 0.6 is 11.3 Å². The Balaban J connectivity index is 2.27. The summed E-state index contributed by atoms with van der Waals surface area (Å²) in [5.74, 6) is -1.20. The first kappa shape index (κ1) is 16.5. The molecule has 0 radical (unpaired) electrons. The molecule has 0 saturated heterocycles. The van der Waals surface area contributed by atoms with E-state index in [0.717, 1.165) is 37.0 Å². The Morgan fingerprint density at radius 2 is 2.14 bits per heavy atom. The number of carbonyl (C=O) groups is 1. The smallest absolute Gasteiger partial charge is 0.347 e. The summed E-state index contributed by atoms with van der Waals surface area (Å²) >= 11 is 0.954. The maximum atomic E-state index is 12.6.